The van der Waals surface area contributed by atoms with Crippen molar-refractivity contribution in [1.82, 2.24) is 5.32 Å². The van der Waals surface area contributed by atoms with Crippen LogP contribution in [0.25, 0.3) is 0 Å². The van der Waals surface area contributed by atoms with E-state index in [-0.39, 0.29) is 6.04 Å². The minimum Gasteiger partial charge on any atom is -0.350 e. The van der Waals surface area contributed by atoms with Gasteiger partial charge in [-0.25, -0.2) is 22.3 Å². The molecular weight excluding hydrogens is 266 g/mol. The number of halogens is 2. The fourth-order valence-electron chi connectivity index (χ4n) is 1.28. The third-order valence-corrected chi connectivity index (χ3v) is 2.89. The molecule has 1 rings (SSSR count). The summed E-state index contributed by atoms with van der Waals surface area (Å²) in [5, 5.41) is 7.06. The van der Waals surface area contributed by atoms with Gasteiger partial charge in [0, 0.05) is 6.04 Å². The molecule has 0 heterocycles. The van der Waals surface area contributed by atoms with Crippen molar-refractivity contribution >= 4 is 15.9 Å². The number of nitrogens with two attached hydrogens (primary N) is 1. The van der Waals surface area contributed by atoms with Crippen LogP contribution in [0.3, 0.4) is 0 Å². The van der Waals surface area contributed by atoms with Crippen LogP contribution in [0.2, 0.25) is 0 Å². The lowest BCUT2D eigenvalue weighted by Gasteiger charge is -2.10. The zero-order chi connectivity index (χ0) is 14.1. The Morgan fingerprint density at radius 3 is 2.33 bits per heavy atom. The first kappa shape index (κ1) is 14.5. The Bertz CT molecular complexity index is 585. The topological polar surface area (TPSA) is 89.3 Å². The molecule has 1 aromatic rings. The molecule has 0 saturated carbocycles. The highest BCUT2D eigenvalue weighted by Crippen LogP contribution is 2.19. The predicted molar refractivity (Wildman–Crippen MR) is 60.3 cm³/mol. The lowest BCUT2D eigenvalue weighted by Crippen LogP contribution is -2.31. The van der Waals surface area contributed by atoms with Crippen molar-refractivity contribution in [1.29, 1.82) is 0 Å². The molecule has 0 aliphatic heterocycles. The van der Waals surface area contributed by atoms with Gasteiger partial charge in [0.2, 0.25) is 10.0 Å². The molecule has 0 bridgehead atoms. The van der Waals surface area contributed by atoms with Gasteiger partial charge >= 0.3 is 0 Å². The average Bonchev–Trinajstić information content (AvgIpc) is 2.18. The maximum absolute atomic E-state index is 13.8. The molecular formula is C10H12F2N2O3S. The average molecular weight is 278 g/mol. The molecule has 5 nitrogen and oxygen atoms in total. The fourth-order valence-corrected chi connectivity index (χ4v) is 1.91. The summed E-state index contributed by atoms with van der Waals surface area (Å²) < 4.78 is 49.0. The van der Waals surface area contributed by atoms with Gasteiger partial charge < -0.3 is 5.32 Å². The molecule has 0 aromatic heterocycles. The van der Waals surface area contributed by atoms with E-state index in [1.807, 2.05) is 0 Å². The molecule has 0 aliphatic carbocycles. The summed E-state index contributed by atoms with van der Waals surface area (Å²) in [5.41, 5.74) is -0.701. The summed E-state index contributed by atoms with van der Waals surface area (Å²) in [4.78, 5) is 10.5. The number of rotatable bonds is 3. The van der Waals surface area contributed by atoms with Crippen LogP contribution in [-0.2, 0) is 10.0 Å². The molecule has 3 N–H and O–H groups in total. The second kappa shape index (κ2) is 4.99. The van der Waals surface area contributed by atoms with Gasteiger partial charge in [-0.05, 0) is 26.0 Å². The highest BCUT2D eigenvalue weighted by Gasteiger charge is 2.23. The molecule has 0 unspecified atom stereocenters. The highest BCUT2D eigenvalue weighted by atomic mass is 32.2. The van der Waals surface area contributed by atoms with Crippen molar-refractivity contribution in [2.45, 2.75) is 24.8 Å². The van der Waals surface area contributed by atoms with Gasteiger partial charge in [-0.3, -0.25) is 4.79 Å². The van der Waals surface area contributed by atoms with Gasteiger partial charge in [0.25, 0.3) is 5.91 Å². The van der Waals surface area contributed by atoms with Crippen LogP contribution >= 0.6 is 0 Å². The van der Waals surface area contributed by atoms with Crippen molar-refractivity contribution < 1.29 is 22.0 Å². The van der Waals surface area contributed by atoms with Gasteiger partial charge in [0.15, 0.2) is 5.82 Å². The van der Waals surface area contributed by atoms with E-state index in [1.54, 1.807) is 13.8 Å². The van der Waals surface area contributed by atoms with Crippen LogP contribution in [0.1, 0.15) is 24.2 Å². The molecule has 18 heavy (non-hydrogen) atoms. The quantitative estimate of drug-likeness (QED) is 0.855. The summed E-state index contributed by atoms with van der Waals surface area (Å²) in [6, 6.07) is 0.733. The van der Waals surface area contributed by atoms with E-state index in [9.17, 15) is 22.0 Å². The van der Waals surface area contributed by atoms with Crippen LogP contribution in [0.15, 0.2) is 17.0 Å². The van der Waals surface area contributed by atoms with Gasteiger partial charge in [0.05, 0.1) is 5.56 Å². The molecule has 0 radical (unpaired) electrons. The normalized spacial score (nSPS) is 11.7. The van der Waals surface area contributed by atoms with Crippen molar-refractivity contribution in [2.24, 2.45) is 5.14 Å². The number of primary sulfonamides is 1. The lowest BCUT2D eigenvalue weighted by molar-refractivity contribution is 0.0938. The third kappa shape index (κ3) is 3.23. The van der Waals surface area contributed by atoms with E-state index >= 15 is 0 Å². The van der Waals surface area contributed by atoms with Gasteiger partial charge in [-0.15, -0.1) is 0 Å². The molecule has 0 spiro atoms. The number of benzene rings is 1. The van der Waals surface area contributed by atoms with E-state index in [4.69, 9.17) is 5.14 Å². The van der Waals surface area contributed by atoms with Crippen LogP contribution < -0.4 is 10.5 Å². The van der Waals surface area contributed by atoms with Gasteiger partial charge in [-0.1, -0.05) is 0 Å². The van der Waals surface area contributed by atoms with Crippen LogP contribution in [0.4, 0.5) is 8.78 Å². The van der Waals surface area contributed by atoms with Crippen molar-refractivity contribution in [3.8, 4) is 0 Å². The van der Waals surface area contributed by atoms with Crippen molar-refractivity contribution in [3.05, 3.63) is 29.3 Å². The first-order valence-corrected chi connectivity index (χ1v) is 6.50. The first-order chi connectivity index (χ1) is 8.12. The maximum atomic E-state index is 13.8. The van der Waals surface area contributed by atoms with Crippen molar-refractivity contribution in [3.63, 3.8) is 0 Å². The van der Waals surface area contributed by atoms with Crippen LogP contribution in [-0.4, -0.2) is 20.4 Å². The summed E-state index contributed by atoms with van der Waals surface area (Å²) in [7, 11) is -4.44. The third-order valence-electron chi connectivity index (χ3n) is 1.97. The Kier molecular flexibility index (Phi) is 4.02. The summed E-state index contributed by atoms with van der Waals surface area (Å²) in [6.45, 7) is 3.24. The molecule has 1 amide bonds. The Hall–Kier alpha value is -1.54. The Morgan fingerprint density at radius 1 is 1.33 bits per heavy atom. The number of hydrogen-bond acceptors (Lipinski definition) is 3. The van der Waals surface area contributed by atoms with E-state index in [0.29, 0.717) is 12.1 Å². The molecule has 0 atom stereocenters. The largest absolute Gasteiger partial charge is 0.350 e. The van der Waals surface area contributed by atoms with E-state index in [0.717, 1.165) is 0 Å². The fraction of sp³-hybridized carbons (Fsp3) is 0.300. The number of sulfonamides is 1. The lowest BCUT2D eigenvalue weighted by atomic mass is 10.2. The summed E-state index contributed by atoms with van der Waals surface area (Å²) >= 11 is 0. The molecule has 1 aromatic carbocycles. The molecule has 0 saturated heterocycles. The monoisotopic (exact) mass is 278 g/mol. The van der Waals surface area contributed by atoms with Gasteiger partial charge in [0.1, 0.15) is 10.7 Å². The summed E-state index contributed by atoms with van der Waals surface area (Å²) in [6.07, 6.45) is 0. The number of carbonyl (C=O) groups excluding carboxylic acids is 1. The SMILES string of the molecule is CC(C)NC(=O)c1cc(F)cc(S(N)(=O)=O)c1F. The highest BCUT2D eigenvalue weighted by molar-refractivity contribution is 7.89. The zero-order valence-electron chi connectivity index (χ0n) is 9.70. The molecule has 0 aliphatic rings. The van der Waals surface area contributed by atoms with E-state index in [2.05, 4.69) is 5.32 Å². The smallest absolute Gasteiger partial charge is 0.254 e. The Balaban J connectivity index is 3.39. The Morgan fingerprint density at radius 2 is 1.89 bits per heavy atom. The van der Waals surface area contributed by atoms with Crippen LogP contribution in [0, 0.1) is 11.6 Å². The van der Waals surface area contributed by atoms with E-state index in [1.165, 1.54) is 0 Å². The molecule has 8 heteroatoms. The Labute approximate surface area is 103 Å². The number of nitrogens with one attached hydrogen (secondary N) is 1. The standard InChI is InChI=1S/C10H12F2N2O3S/c1-5(2)14-10(15)7-3-6(11)4-8(9(7)12)18(13,16)17/h3-5H,1-2H3,(H,14,15)(H2,13,16,17). The minimum absolute atomic E-state index is 0.307. The molecule has 100 valence electrons. The number of hydrogen-bond donors (Lipinski definition) is 2. The summed E-state index contributed by atoms with van der Waals surface area (Å²) in [5.74, 6) is -3.33. The number of amides is 1. The van der Waals surface area contributed by atoms with Crippen molar-refractivity contribution in [2.75, 3.05) is 0 Å². The minimum atomic E-state index is -4.44. The van der Waals surface area contributed by atoms with Crippen LogP contribution in [0.5, 0.6) is 0 Å². The maximum Gasteiger partial charge on any atom is 0.254 e. The second-order valence-corrected chi connectivity index (χ2v) is 5.47. The predicted octanol–water partition coefficient (Wildman–Crippen LogP) is 0.750. The van der Waals surface area contributed by atoms with Gasteiger partial charge in [-0.2, -0.15) is 0 Å². The first-order valence-electron chi connectivity index (χ1n) is 4.95. The zero-order valence-corrected chi connectivity index (χ0v) is 10.5. The molecule has 0 fully saturated rings. The second-order valence-electron chi connectivity index (χ2n) is 3.94. The number of carbonyl (C=O) groups is 1. The van der Waals surface area contributed by atoms with E-state index < -0.39 is 38.0 Å².